The van der Waals surface area contributed by atoms with E-state index in [9.17, 15) is 4.79 Å². The molecule has 0 spiro atoms. The fourth-order valence-electron chi connectivity index (χ4n) is 5.04. The van der Waals surface area contributed by atoms with Gasteiger partial charge in [0.2, 0.25) is 5.91 Å². The molecule has 2 bridgehead atoms. The van der Waals surface area contributed by atoms with Crippen molar-refractivity contribution >= 4 is 5.91 Å². The monoisotopic (exact) mass is 328 g/mol. The van der Waals surface area contributed by atoms with Crippen molar-refractivity contribution in [3.63, 3.8) is 0 Å². The zero-order valence-electron chi connectivity index (χ0n) is 14.3. The third kappa shape index (κ3) is 2.98. The molecule has 1 aliphatic heterocycles. The van der Waals surface area contributed by atoms with Gasteiger partial charge in [0.25, 0.3) is 0 Å². The fourth-order valence-corrected chi connectivity index (χ4v) is 5.04. The van der Waals surface area contributed by atoms with Crippen molar-refractivity contribution < 1.29 is 9.53 Å². The van der Waals surface area contributed by atoms with Gasteiger partial charge < -0.3 is 15.4 Å². The Kier molecular flexibility index (Phi) is 4.59. The van der Waals surface area contributed by atoms with Crippen LogP contribution >= 0.6 is 0 Å². The number of nitrogens with zero attached hydrogens (tertiary/aromatic N) is 1. The highest BCUT2D eigenvalue weighted by Gasteiger charge is 2.43. The van der Waals surface area contributed by atoms with Crippen LogP contribution in [-0.4, -0.2) is 36.6 Å². The number of morpholine rings is 1. The lowest BCUT2D eigenvalue weighted by molar-refractivity contribution is -0.147. The van der Waals surface area contributed by atoms with Crippen molar-refractivity contribution in [2.24, 2.45) is 23.5 Å². The molecule has 1 aromatic rings. The zero-order valence-corrected chi connectivity index (χ0v) is 14.3. The number of carbonyl (C=O) groups is 1. The van der Waals surface area contributed by atoms with Crippen LogP contribution in [0, 0.1) is 17.8 Å². The predicted molar refractivity (Wildman–Crippen MR) is 93.2 cm³/mol. The third-order valence-corrected chi connectivity index (χ3v) is 6.36. The Balaban J connectivity index is 1.52. The first kappa shape index (κ1) is 16.1. The minimum absolute atomic E-state index is 0.0582. The highest BCUT2D eigenvalue weighted by atomic mass is 16.5. The van der Waals surface area contributed by atoms with Gasteiger partial charge in [-0.15, -0.1) is 0 Å². The van der Waals surface area contributed by atoms with Crippen molar-refractivity contribution in [2.75, 3.05) is 19.8 Å². The lowest BCUT2D eigenvalue weighted by atomic mass is 9.65. The van der Waals surface area contributed by atoms with Crippen molar-refractivity contribution in [1.29, 1.82) is 0 Å². The molecule has 4 heteroatoms. The van der Waals surface area contributed by atoms with Crippen LogP contribution in [0.3, 0.4) is 0 Å². The SMILES string of the molecule is NC1C2CCCC1CC(C(=O)N1CCOCC1c1ccccc1)C2. The summed E-state index contributed by atoms with van der Waals surface area (Å²) in [4.78, 5) is 15.4. The molecule has 1 aromatic carbocycles. The molecule has 130 valence electrons. The van der Waals surface area contributed by atoms with E-state index in [2.05, 4.69) is 17.0 Å². The summed E-state index contributed by atoms with van der Waals surface area (Å²) in [5, 5.41) is 0. The van der Waals surface area contributed by atoms with E-state index in [-0.39, 0.29) is 12.0 Å². The maximum Gasteiger partial charge on any atom is 0.226 e. The van der Waals surface area contributed by atoms with Crippen LogP contribution in [0.1, 0.15) is 43.7 Å². The minimum atomic E-state index is 0.0582. The number of rotatable bonds is 2. The largest absolute Gasteiger partial charge is 0.377 e. The summed E-state index contributed by atoms with van der Waals surface area (Å²) < 4.78 is 5.68. The van der Waals surface area contributed by atoms with E-state index in [1.165, 1.54) is 24.8 Å². The van der Waals surface area contributed by atoms with Gasteiger partial charge in [-0.3, -0.25) is 4.79 Å². The van der Waals surface area contributed by atoms with E-state index in [4.69, 9.17) is 10.5 Å². The number of hydrogen-bond acceptors (Lipinski definition) is 3. The average molecular weight is 328 g/mol. The van der Waals surface area contributed by atoms with Crippen LogP contribution in [-0.2, 0) is 9.53 Å². The van der Waals surface area contributed by atoms with E-state index < -0.39 is 0 Å². The lowest BCUT2D eigenvalue weighted by Gasteiger charge is -2.46. The molecular formula is C20H28N2O2. The Hall–Kier alpha value is -1.39. The Bertz CT molecular complexity index is 562. The maximum absolute atomic E-state index is 13.3. The van der Waals surface area contributed by atoms with Crippen LogP contribution in [0.4, 0.5) is 0 Å². The molecule has 1 saturated heterocycles. The van der Waals surface area contributed by atoms with Crippen LogP contribution in [0.15, 0.2) is 30.3 Å². The molecule has 3 aliphatic rings. The maximum atomic E-state index is 13.3. The van der Waals surface area contributed by atoms with E-state index in [0.29, 0.717) is 43.5 Å². The van der Waals surface area contributed by atoms with Gasteiger partial charge in [-0.05, 0) is 43.1 Å². The van der Waals surface area contributed by atoms with Crippen molar-refractivity contribution in [3.8, 4) is 0 Å². The van der Waals surface area contributed by atoms with E-state index in [1.54, 1.807) is 0 Å². The van der Waals surface area contributed by atoms with Gasteiger partial charge in [0.05, 0.1) is 19.3 Å². The fraction of sp³-hybridized carbons (Fsp3) is 0.650. The first-order valence-corrected chi connectivity index (χ1v) is 9.43. The van der Waals surface area contributed by atoms with E-state index in [1.807, 2.05) is 18.2 Å². The molecule has 2 N–H and O–H groups in total. The van der Waals surface area contributed by atoms with Crippen molar-refractivity contribution in [1.82, 2.24) is 4.90 Å². The summed E-state index contributed by atoms with van der Waals surface area (Å²) in [6, 6.07) is 10.7. The second-order valence-corrected chi connectivity index (χ2v) is 7.73. The van der Waals surface area contributed by atoms with Gasteiger partial charge in [-0.25, -0.2) is 0 Å². The molecule has 4 rings (SSSR count). The Morgan fingerprint density at radius 2 is 1.83 bits per heavy atom. The van der Waals surface area contributed by atoms with Gasteiger partial charge in [-0.1, -0.05) is 36.8 Å². The molecule has 0 radical (unpaired) electrons. The van der Waals surface area contributed by atoms with Gasteiger partial charge in [0.1, 0.15) is 0 Å². The van der Waals surface area contributed by atoms with Gasteiger partial charge in [0, 0.05) is 18.5 Å². The second kappa shape index (κ2) is 6.85. The van der Waals surface area contributed by atoms with Crippen LogP contribution in [0.5, 0.6) is 0 Å². The Labute approximate surface area is 144 Å². The topological polar surface area (TPSA) is 55.6 Å². The number of ether oxygens (including phenoxy) is 1. The molecule has 4 nitrogen and oxygen atoms in total. The number of fused-ring (bicyclic) bond motifs is 2. The molecule has 0 aromatic heterocycles. The molecule has 3 unspecified atom stereocenters. The van der Waals surface area contributed by atoms with Crippen LogP contribution < -0.4 is 5.73 Å². The summed E-state index contributed by atoms with van der Waals surface area (Å²) in [7, 11) is 0. The smallest absolute Gasteiger partial charge is 0.226 e. The van der Waals surface area contributed by atoms with Gasteiger partial charge >= 0.3 is 0 Å². The lowest BCUT2D eigenvalue weighted by Crippen LogP contribution is -2.52. The molecule has 2 aliphatic carbocycles. The first-order valence-electron chi connectivity index (χ1n) is 9.43. The molecule has 1 amide bonds. The van der Waals surface area contributed by atoms with Crippen LogP contribution in [0.2, 0.25) is 0 Å². The minimum Gasteiger partial charge on any atom is -0.377 e. The zero-order chi connectivity index (χ0) is 16.5. The normalized spacial score (nSPS) is 36.4. The first-order chi connectivity index (χ1) is 11.7. The summed E-state index contributed by atoms with van der Waals surface area (Å²) in [5.41, 5.74) is 7.58. The number of nitrogens with two attached hydrogens (primary N) is 1. The quantitative estimate of drug-likeness (QED) is 0.908. The molecule has 2 saturated carbocycles. The average Bonchev–Trinajstić information content (AvgIpc) is 2.62. The highest BCUT2D eigenvalue weighted by Crippen LogP contribution is 2.43. The van der Waals surface area contributed by atoms with E-state index in [0.717, 1.165) is 12.8 Å². The number of hydrogen-bond donors (Lipinski definition) is 1. The summed E-state index contributed by atoms with van der Waals surface area (Å²) in [6.45, 7) is 1.96. The third-order valence-electron chi connectivity index (χ3n) is 6.36. The Morgan fingerprint density at radius 1 is 1.12 bits per heavy atom. The molecule has 3 fully saturated rings. The molecule has 24 heavy (non-hydrogen) atoms. The van der Waals surface area contributed by atoms with Crippen LogP contribution in [0.25, 0.3) is 0 Å². The number of benzene rings is 1. The van der Waals surface area contributed by atoms with Crippen molar-refractivity contribution in [2.45, 2.75) is 44.2 Å². The summed E-state index contributed by atoms with van der Waals surface area (Å²) in [6.07, 6.45) is 5.65. The number of carbonyl (C=O) groups excluding carboxylic acids is 1. The molecular weight excluding hydrogens is 300 g/mol. The number of amides is 1. The molecule has 1 heterocycles. The molecule has 3 atom stereocenters. The summed E-state index contributed by atoms with van der Waals surface area (Å²) in [5.74, 6) is 1.57. The highest BCUT2D eigenvalue weighted by molar-refractivity contribution is 5.79. The van der Waals surface area contributed by atoms with Crippen molar-refractivity contribution in [3.05, 3.63) is 35.9 Å². The van der Waals surface area contributed by atoms with Gasteiger partial charge in [0.15, 0.2) is 0 Å². The second-order valence-electron chi connectivity index (χ2n) is 7.73. The van der Waals surface area contributed by atoms with Gasteiger partial charge in [-0.2, -0.15) is 0 Å². The Morgan fingerprint density at radius 3 is 2.54 bits per heavy atom. The standard InChI is InChI=1S/C20H28N2O2/c21-19-15-7-4-8-16(19)12-17(11-15)20(23)22-9-10-24-13-18(22)14-5-2-1-3-6-14/h1-3,5-6,15-19H,4,7-13,21H2. The summed E-state index contributed by atoms with van der Waals surface area (Å²) >= 11 is 0. The van der Waals surface area contributed by atoms with E-state index >= 15 is 0 Å². The predicted octanol–water partition coefficient (Wildman–Crippen LogP) is 2.74.